The average Bonchev–Trinajstić information content (AvgIpc) is 2.14. The fourth-order valence-corrected chi connectivity index (χ4v) is 1.96. The number of hydrogen-bond donors (Lipinski definition) is 0. The van der Waals surface area contributed by atoms with Crippen LogP contribution in [0.4, 0.5) is 0 Å². The second-order valence-corrected chi connectivity index (χ2v) is 4.19. The van der Waals surface area contributed by atoms with Crippen LogP contribution in [0.15, 0.2) is 23.2 Å². The van der Waals surface area contributed by atoms with E-state index < -0.39 is 0 Å². The Hall–Kier alpha value is -0.890. The molecule has 0 aliphatic heterocycles. The van der Waals surface area contributed by atoms with Crippen LogP contribution >= 0.6 is 15.9 Å². The minimum Gasteiger partial charge on any atom is -0.289 e. The summed E-state index contributed by atoms with van der Waals surface area (Å²) in [5.74, 6) is -0.0132. The molecular weight excluding hydrogens is 240 g/mol. The highest BCUT2D eigenvalue weighted by molar-refractivity contribution is 9.10. The summed E-state index contributed by atoms with van der Waals surface area (Å²) in [6.45, 7) is 9.42. The maximum atomic E-state index is 11.6. The smallest absolute Gasteiger partial charge is 0.185 e. The van der Waals surface area contributed by atoms with Gasteiger partial charge in [-0.1, -0.05) is 28.6 Å². The maximum Gasteiger partial charge on any atom is 0.185 e. The average molecular weight is 253 g/mol. The van der Waals surface area contributed by atoms with Crippen LogP contribution in [-0.2, 0) is 0 Å². The first kappa shape index (κ1) is 11.2. The van der Waals surface area contributed by atoms with E-state index in [0.29, 0.717) is 0 Å². The molecule has 0 aromatic heterocycles. The molecule has 2 heteroatoms. The standard InChI is InChI=1S/C12H13BrO/c1-5-10(14)11-7(2)6-8(3)12(13)9(11)4/h5-6H,1H2,2-4H3. The van der Waals surface area contributed by atoms with E-state index in [2.05, 4.69) is 22.5 Å². The van der Waals surface area contributed by atoms with Gasteiger partial charge in [-0.25, -0.2) is 0 Å². The van der Waals surface area contributed by atoms with E-state index in [9.17, 15) is 4.79 Å². The lowest BCUT2D eigenvalue weighted by molar-refractivity contribution is 0.104. The first-order valence-corrected chi connectivity index (χ1v) is 5.21. The van der Waals surface area contributed by atoms with Gasteiger partial charge in [-0.2, -0.15) is 0 Å². The maximum absolute atomic E-state index is 11.6. The molecule has 0 radical (unpaired) electrons. The third-order valence-electron chi connectivity index (χ3n) is 2.31. The van der Waals surface area contributed by atoms with Gasteiger partial charge in [-0.15, -0.1) is 0 Å². The number of ketones is 1. The van der Waals surface area contributed by atoms with Crippen LogP contribution in [-0.4, -0.2) is 5.78 Å². The topological polar surface area (TPSA) is 17.1 Å². The van der Waals surface area contributed by atoms with Crippen LogP contribution < -0.4 is 0 Å². The molecule has 0 N–H and O–H groups in total. The van der Waals surface area contributed by atoms with Gasteiger partial charge < -0.3 is 0 Å². The largest absolute Gasteiger partial charge is 0.289 e. The summed E-state index contributed by atoms with van der Waals surface area (Å²) in [6.07, 6.45) is 1.36. The first-order valence-electron chi connectivity index (χ1n) is 4.42. The molecule has 0 spiro atoms. The minimum absolute atomic E-state index is 0.0132. The number of carbonyl (C=O) groups excluding carboxylic acids is 1. The van der Waals surface area contributed by atoms with Gasteiger partial charge in [0.1, 0.15) is 0 Å². The number of allylic oxidation sites excluding steroid dienone is 1. The van der Waals surface area contributed by atoms with Gasteiger partial charge in [0.2, 0.25) is 0 Å². The van der Waals surface area contributed by atoms with Crippen LogP contribution in [0, 0.1) is 20.8 Å². The van der Waals surface area contributed by atoms with Crippen molar-refractivity contribution in [2.75, 3.05) is 0 Å². The normalized spacial score (nSPS) is 10.0. The highest BCUT2D eigenvalue weighted by atomic mass is 79.9. The van der Waals surface area contributed by atoms with Gasteiger partial charge in [0.15, 0.2) is 5.78 Å². The van der Waals surface area contributed by atoms with Crippen LogP contribution in [0.2, 0.25) is 0 Å². The summed E-state index contributed by atoms with van der Waals surface area (Å²) in [5.41, 5.74) is 3.92. The summed E-state index contributed by atoms with van der Waals surface area (Å²) >= 11 is 3.48. The lowest BCUT2D eigenvalue weighted by atomic mass is 9.97. The van der Waals surface area contributed by atoms with E-state index in [0.717, 1.165) is 26.7 Å². The van der Waals surface area contributed by atoms with E-state index in [4.69, 9.17) is 0 Å². The zero-order valence-electron chi connectivity index (χ0n) is 8.65. The van der Waals surface area contributed by atoms with Crippen LogP contribution in [0.1, 0.15) is 27.0 Å². The zero-order chi connectivity index (χ0) is 10.9. The molecule has 0 amide bonds. The van der Waals surface area contributed by atoms with Gasteiger partial charge in [0.25, 0.3) is 0 Å². The third-order valence-corrected chi connectivity index (χ3v) is 3.53. The zero-order valence-corrected chi connectivity index (χ0v) is 10.2. The Morgan fingerprint density at radius 3 is 2.43 bits per heavy atom. The Morgan fingerprint density at radius 1 is 1.36 bits per heavy atom. The Bertz CT molecular complexity index is 405. The highest BCUT2D eigenvalue weighted by Crippen LogP contribution is 2.27. The molecule has 0 saturated heterocycles. The molecule has 0 bridgehead atoms. The van der Waals surface area contributed by atoms with Crippen molar-refractivity contribution in [3.63, 3.8) is 0 Å². The summed E-state index contributed by atoms with van der Waals surface area (Å²) in [5, 5.41) is 0. The number of carbonyl (C=O) groups is 1. The Labute approximate surface area is 93.0 Å². The van der Waals surface area contributed by atoms with E-state index in [1.165, 1.54) is 6.08 Å². The quantitative estimate of drug-likeness (QED) is 0.579. The fourth-order valence-electron chi connectivity index (χ4n) is 1.64. The predicted molar refractivity (Wildman–Crippen MR) is 62.9 cm³/mol. The molecule has 0 aliphatic carbocycles. The minimum atomic E-state index is -0.0132. The molecule has 74 valence electrons. The van der Waals surface area contributed by atoms with Gasteiger partial charge in [0.05, 0.1) is 0 Å². The molecule has 1 aromatic rings. The van der Waals surface area contributed by atoms with Gasteiger partial charge in [0, 0.05) is 10.0 Å². The third kappa shape index (κ3) is 1.80. The van der Waals surface area contributed by atoms with E-state index in [1.54, 1.807) is 0 Å². The van der Waals surface area contributed by atoms with Crippen molar-refractivity contribution >= 4 is 21.7 Å². The lowest BCUT2D eigenvalue weighted by Gasteiger charge is -2.11. The highest BCUT2D eigenvalue weighted by Gasteiger charge is 2.13. The van der Waals surface area contributed by atoms with Crippen molar-refractivity contribution in [2.45, 2.75) is 20.8 Å². The molecule has 1 rings (SSSR count). The SMILES string of the molecule is C=CC(=O)c1c(C)cc(C)c(Br)c1C. The molecule has 0 saturated carbocycles. The number of hydrogen-bond acceptors (Lipinski definition) is 1. The van der Waals surface area contributed by atoms with Crippen molar-refractivity contribution in [3.05, 3.63) is 45.4 Å². The lowest BCUT2D eigenvalue weighted by Crippen LogP contribution is -2.02. The van der Waals surface area contributed by atoms with Crippen LogP contribution in [0.25, 0.3) is 0 Å². The second-order valence-electron chi connectivity index (χ2n) is 3.39. The summed E-state index contributed by atoms with van der Waals surface area (Å²) in [7, 11) is 0. The van der Waals surface area contributed by atoms with Crippen molar-refractivity contribution in [1.82, 2.24) is 0 Å². The first-order chi connectivity index (χ1) is 6.49. The molecule has 1 nitrogen and oxygen atoms in total. The van der Waals surface area contributed by atoms with E-state index >= 15 is 0 Å². The number of benzene rings is 1. The van der Waals surface area contributed by atoms with Gasteiger partial charge >= 0.3 is 0 Å². The second kappa shape index (κ2) is 4.09. The summed E-state index contributed by atoms with van der Waals surface area (Å²) < 4.78 is 1.01. The molecular formula is C12H13BrO. The molecule has 14 heavy (non-hydrogen) atoms. The van der Waals surface area contributed by atoms with Gasteiger partial charge in [-0.3, -0.25) is 4.79 Å². The molecule has 1 aromatic carbocycles. The van der Waals surface area contributed by atoms with E-state index in [-0.39, 0.29) is 5.78 Å². The molecule has 0 fully saturated rings. The predicted octanol–water partition coefficient (Wildman–Crippen LogP) is 3.74. The molecule has 0 aliphatic rings. The Balaban J connectivity index is 3.51. The summed E-state index contributed by atoms with van der Waals surface area (Å²) in [4.78, 5) is 11.6. The van der Waals surface area contributed by atoms with E-state index in [1.807, 2.05) is 26.8 Å². The van der Waals surface area contributed by atoms with Crippen molar-refractivity contribution in [3.8, 4) is 0 Å². The van der Waals surface area contributed by atoms with Crippen molar-refractivity contribution < 1.29 is 4.79 Å². The number of halogens is 1. The summed E-state index contributed by atoms with van der Waals surface area (Å²) in [6, 6.07) is 2.01. The van der Waals surface area contributed by atoms with Crippen LogP contribution in [0.5, 0.6) is 0 Å². The molecule has 0 unspecified atom stereocenters. The number of aryl methyl sites for hydroxylation is 2. The van der Waals surface area contributed by atoms with Gasteiger partial charge in [-0.05, 0) is 43.5 Å². The monoisotopic (exact) mass is 252 g/mol. The molecule has 0 heterocycles. The Kier molecular flexibility index (Phi) is 3.27. The fraction of sp³-hybridized carbons (Fsp3) is 0.250. The van der Waals surface area contributed by atoms with Crippen LogP contribution in [0.3, 0.4) is 0 Å². The molecule has 0 atom stereocenters. The Morgan fingerprint density at radius 2 is 1.93 bits per heavy atom. The van der Waals surface area contributed by atoms with Crippen molar-refractivity contribution in [1.29, 1.82) is 0 Å². The van der Waals surface area contributed by atoms with Crippen molar-refractivity contribution in [2.24, 2.45) is 0 Å². The number of rotatable bonds is 2.